The van der Waals surface area contributed by atoms with Crippen LogP contribution < -0.4 is 25.0 Å². The molecule has 0 radical (unpaired) electrons. The molecule has 3 aromatic rings. The first-order valence-corrected chi connectivity index (χ1v) is 13.3. The van der Waals surface area contributed by atoms with Crippen molar-refractivity contribution >= 4 is 63.8 Å². The Kier molecular flexibility index (Phi) is 8.83. The molecule has 9 nitrogen and oxygen atoms in total. The summed E-state index contributed by atoms with van der Waals surface area (Å²) in [6.07, 6.45) is 1.32. The van der Waals surface area contributed by atoms with Crippen LogP contribution in [-0.2, 0) is 14.4 Å². The molecule has 11 heteroatoms. The summed E-state index contributed by atoms with van der Waals surface area (Å²) in [5.41, 5.74) is 2.92. The maximum atomic E-state index is 13.4. The van der Waals surface area contributed by atoms with Crippen molar-refractivity contribution in [1.29, 1.82) is 0 Å². The molecule has 3 aromatic carbocycles. The summed E-state index contributed by atoms with van der Waals surface area (Å²) in [5.74, 6) is -2.00. The molecule has 0 atom stereocenters. The van der Waals surface area contributed by atoms with Gasteiger partial charge in [-0.05, 0) is 103 Å². The smallest absolute Gasteiger partial charge is 0.335 e. The van der Waals surface area contributed by atoms with Crippen LogP contribution in [0.4, 0.5) is 20.6 Å². The number of imide groups is 2. The average Bonchev–Trinajstić information content (AvgIpc) is 2.89. The molecule has 5 amide bonds. The molecule has 2 N–H and O–H groups in total. The largest absolute Gasteiger partial charge is 0.490 e. The van der Waals surface area contributed by atoms with E-state index < -0.39 is 23.7 Å². The molecule has 206 valence electrons. The van der Waals surface area contributed by atoms with Crippen molar-refractivity contribution in [3.05, 3.63) is 86.2 Å². The third-order valence-corrected chi connectivity index (χ3v) is 6.63. The van der Waals surface area contributed by atoms with Crippen LogP contribution in [0.15, 0.2) is 60.2 Å². The van der Waals surface area contributed by atoms with Gasteiger partial charge in [-0.25, -0.2) is 14.1 Å². The number of hydrogen-bond acceptors (Lipinski definition) is 6. The molecular weight excluding hydrogens is 632 g/mol. The standard InChI is InChI=1S/C29H25FIN3O6/c1-4-39-24-14-18(12-21-27(36)33-29(38)34(28(21)37)20-8-6-19(30)7-9-20)13-22(31)26(24)40-15-25(35)32-23-10-5-16(2)11-17(23)3/h5-14H,4,15H2,1-3H3,(H,32,35)(H,33,36,38)/b21-12+. The second-order valence-corrected chi connectivity index (χ2v) is 10.0. The molecule has 0 aromatic heterocycles. The zero-order valence-electron chi connectivity index (χ0n) is 21.8. The number of amides is 5. The normalized spacial score (nSPS) is 14.3. The molecule has 40 heavy (non-hydrogen) atoms. The quantitative estimate of drug-likeness (QED) is 0.197. The number of nitrogens with one attached hydrogen (secondary N) is 2. The van der Waals surface area contributed by atoms with E-state index >= 15 is 0 Å². The lowest BCUT2D eigenvalue weighted by atomic mass is 10.1. The summed E-state index contributed by atoms with van der Waals surface area (Å²) < 4.78 is 25.5. The fourth-order valence-corrected chi connectivity index (χ4v) is 4.78. The molecule has 1 fully saturated rings. The van der Waals surface area contributed by atoms with Gasteiger partial charge < -0.3 is 14.8 Å². The lowest BCUT2D eigenvalue weighted by molar-refractivity contribution is -0.122. The predicted octanol–water partition coefficient (Wildman–Crippen LogP) is 5.13. The number of aryl methyl sites for hydroxylation is 2. The highest BCUT2D eigenvalue weighted by molar-refractivity contribution is 14.1. The fourth-order valence-electron chi connectivity index (χ4n) is 4.00. The van der Waals surface area contributed by atoms with E-state index in [9.17, 15) is 23.6 Å². The minimum Gasteiger partial charge on any atom is -0.490 e. The number of nitrogens with zero attached hydrogens (tertiary/aromatic N) is 1. The van der Waals surface area contributed by atoms with Crippen LogP contribution in [-0.4, -0.2) is 37.0 Å². The first-order chi connectivity index (χ1) is 19.1. The van der Waals surface area contributed by atoms with Crippen molar-refractivity contribution in [3.63, 3.8) is 0 Å². The van der Waals surface area contributed by atoms with Gasteiger partial charge in [-0.2, -0.15) is 0 Å². The highest BCUT2D eigenvalue weighted by Crippen LogP contribution is 2.35. The van der Waals surface area contributed by atoms with Gasteiger partial charge in [0.25, 0.3) is 17.7 Å². The van der Waals surface area contributed by atoms with Crippen LogP contribution in [0, 0.1) is 23.2 Å². The van der Waals surface area contributed by atoms with Gasteiger partial charge in [0.05, 0.1) is 15.9 Å². The zero-order valence-corrected chi connectivity index (χ0v) is 24.0. The van der Waals surface area contributed by atoms with Crippen molar-refractivity contribution in [2.75, 3.05) is 23.4 Å². The van der Waals surface area contributed by atoms with Crippen LogP contribution in [0.3, 0.4) is 0 Å². The fraction of sp³-hybridized carbons (Fsp3) is 0.172. The summed E-state index contributed by atoms with van der Waals surface area (Å²) >= 11 is 2.00. The van der Waals surface area contributed by atoms with Gasteiger partial charge in [0.1, 0.15) is 11.4 Å². The Hall–Kier alpha value is -4.26. The maximum Gasteiger partial charge on any atom is 0.335 e. The molecular formula is C29H25FIN3O6. The third-order valence-electron chi connectivity index (χ3n) is 5.83. The Morgan fingerprint density at radius 1 is 1.05 bits per heavy atom. The molecule has 4 rings (SSSR count). The number of rotatable bonds is 8. The average molecular weight is 657 g/mol. The summed E-state index contributed by atoms with van der Waals surface area (Å²) in [5, 5.41) is 4.96. The molecule has 1 heterocycles. The SMILES string of the molecule is CCOc1cc(/C=C2\C(=O)NC(=O)N(c3ccc(F)cc3)C2=O)cc(I)c1OCC(=O)Nc1ccc(C)cc1C. The van der Waals surface area contributed by atoms with Gasteiger partial charge in [0.2, 0.25) is 0 Å². The van der Waals surface area contributed by atoms with Crippen molar-refractivity contribution in [3.8, 4) is 11.5 Å². The van der Waals surface area contributed by atoms with E-state index in [1.54, 1.807) is 19.1 Å². The zero-order chi connectivity index (χ0) is 29.0. The van der Waals surface area contributed by atoms with E-state index in [-0.39, 0.29) is 30.4 Å². The van der Waals surface area contributed by atoms with Gasteiger partial charge in [-0.1, -0.05) is 17.7 Å². The van der Waals surface area contributed by atoms with Crippen molar-refractivity contribution in [2.45, 2.75) is 20.8 Å². The minimum absolute atomic E-state index is 0.106. The molecule has 0 unspecified atom stereocenters. The Balaban J connectivity index is 1.57. The molecule has 0 spiro atoms. The topological polar surface area (TPSA) is 114 Å². The van der Waals surface area contributed by atoms with E-state index in [1.807, 2.05) is 54.6 Å². The van der Waals surface area contributed by atoms with Crippen LogP contribution in [0.25, 0.3) is 6.08 Å². The first kappa shape index (κ1) is 28.7. The lowest BCUT2D eigenvalue weighted by Gasteiger charge is -2.26. The minimum atomic E-state index is -0.939. The second-order valence-electron chi connectivity index (χ2n) is 8.85. The Labute approximate surface area is 243 Å². The number of carbonyl (C=O) groups excluding carboxylic acids is 4. The number of barbiturate groups is 1. The van der Waals surface area contributed by atoms with E-state index in [0.29, 0.717) is 26.3 Å². The number of hydrogen-bond donors (Lipinski definition) is 2. The summed E-state index contributed by atoms with van der Waals surface area (Å²) in [7, 11) is 0. The van der Waals surface area contributed by atoms with Crippen molar-refractivity contribution in [1.82, 2.24) is 5.32 Å². The highest BCUT2D eigenvalue weighted by atomic mass is 127. The monoisotopic (exact) mass is 657 g/mol. The number of benzene rings is 3. The van der Waals surface area contributed by atoms with Crippen LogP contribution in [0.2, 0.25) is 0 Å². The molecule has 1 aliphatic heterocycles. The van der Waals surface area contributed by atoms with Gasteiger partial charge >= 0.3 is 6.03 Å². The summed E-state index contributed by atoms with van der Waals surface area (Å²) in [6, 6.07) is 12.7. The van der Waals surface area contributed by atoms with Crippen LogP contribution in [0.1, 0.15) is 23.6 Å². The third kappa shape index (κ3) is 6.47. The first-order valence-electron chi connectivity index (χ1n) is 12.2. The van der Waals surface area contributed by atoms with E-state index in [1.165, 1.54) is 18.2 Å². The second kappa shape index (κ2) is 12.3. The van der Waals surface area contributed by atoms with Gasteiger partial charge in [0.15, 0.2) is 18.1 Å². The molecule has 0 bridgehead atoms. The molecule has 1 aliphatic rings. The summed E-state index contributed by atoms with van der Waals surface area (Å²) in [6.45, 7) is 5.65. The number of carbonyl (C=O) groups is 4. The number of urea groups is 1. The predicted molar refractivity (Wildman–Crippen MR) is 156 cm³/mol. The number of ether oxygens (including phenoxy) is 2. The van der Waals surface area contributed by atoms with Crippen molar-refractivity contribution in [2.24, 2.45) is 0 Å². The molecule has 0 saturated carbocycles. The highest BCUT2D eigenvalue weighted by Gasteiger charge is 2.37. The van der Waals surface area contributed by atoms with E-state index in [2.05, 4.69) is 10.6 Å². The molecule has 0 aliphatic carbocycles. The van der Waals surface area contributed by atoms with Gasteiger partial charge in [0, 0.05) is 5.69 Å². The van der Waals surface area contributed by atoms with Gasteiger partial charge in [-0.15, -0.1) is 0 Å². The Morgan fingerprint density at radius 2 is 1.77 bits per heavy atom. The van der Waals surface area contributed by atoms with E-state index in [0.717, 1.165) is 28.2 Å². The lowest BCUT2D eigenvalue weighted by Crippen LogP contribution is -2.54. The Bertz CT molecular complexity index is 1540. The van der Waals surface area contributed by atoms with Crippen LogP contribution >= 0.6 is 22.6 Å². The van der Waals surface area contributed by atoms with E-state index in [4.69, 9.17) is 9.47 Å². The molecule has 1 saturated heterocycles. The maximum absolute atomic E-state index is 13.4. The van der Waals surface area contributed by atoms with Gasteiger partial charge in [-0.3, -0.25) is 19.7 Å². The number of anilines is 2. The Morgan fingerprint density at radius 3 is 2.45 bits per heavy atom. The number of halogens is 2. The van der Waals surface area contributed by atoms with Crippen molar-refractivity contribution < 1.29 is 33.0 Å². The van der Waals surface area contributed by atoms with Crippen LogP contribution in [0.5, 0.6) is 11.5 Å². The summed E-state index contributed by atoms with van der Waals surface area (Å²) in [4.78, 5) is 51.4.